The molecule has 150 valence electrons. The molecule has 0 spiro atoms. The Balaban J connectivity index is 1.50. The SMILES string of the molecule is COC(=O)c1ccnc2c(CCNc3cc(-c4cnc(C)nc4)ncn3)cccc12. The third-order valence-electron chi connectivity index (χ3n) is 4.70. The first-order valence-electron chi connectivity index (χ1n) is 9.45. The Kier molecular flexibility index (Phi) is 5.56. The molecule has 0 aliphatic heterocycles. The number of benzene rings is 1. The van der Waals surface area contributed by atoms with Gasteiger partial charge in [0.15, 0.2) is 0 Å². The Morgan fingerprint density at radius 2 is 1.90 bits per heavy atom. The standard InChI is InChI=1S/C22H20N6O2/c1-14-25-11-16(12-26-14)19-10-20(28-13-27-19)23-8-6-15-4-3-5-17-18(22(29)30-2)7-9-24-21(15)17/h3-5,7,9-13H,6,8H2,1-2H3,(H,23,27,28). The summed E-state index contributed by atoms with van der Waals surface area (Å²) in [6.07, 6.45) is 7.34. The van der Waals surface area contributed by atoms with Gasteiger partial charge in [0, 0.05) is 42.2 Å². The zero-order chi connectivity index (χ0) is 20.9. The molecule has 0 amide bonds. The van der Waals surface area contributed by atoms with Crippen molar-refractivity contribution in [1.29, 1.82) is 0 Å². The number of aromatic nitrogens is 5. The fourth-order valence-corrected chi connectivity index (χ4v) is 3.19. The van der Waals surface area contributed by atoms with Crippen molar-refractivity contribution in [1.82, 2.24) is 24.9 Å². The molecule has 0 radical (unpaired) electrons. The molecule has 8 heteroatoms. The molecule has 0 fully saturated rings. The van der Waals surface area contributed by atoms with Crippen LogP contribution in [0.2, 0.25) is 0 Å². The summed E-state index contributed by atoms with van der Waals surface area (Å²) in [6, 6.07) is 9.35. The van der Waals surface area contributed by atoms with E-state index in [0.29, 0.717) is 30.2 Å². The Morgan fingerprint density at radius 3 is 2.70 bits per heavy atom. The Morgan fingerprint density at radius 1 is 1.07 bits per heavy atom. The number of methoxy groups -OCH3 is 1. The van der Waals surface area contributed by atoms with Crippen molar-refractivity contribution < 1.29 is 9.53 Å². The lowest BCUT2D eigenvalue weighted by atomic mass is 10.0. The minimum absolute atomic E-state index is 0.369. The third-order valence-corrected chi connectivity index (χ3v) is 4.70. The molecule has 30 heavy (non-hydrogen) atoms. The van der Waals surface area contributed by atoms with Crippen LogP contribution in [0.25, 0.3) is 22.2 Å². The van der Waals surface area contributed by atoms with Crippen LogP contribution in [0.15, 0.2) is 55.2 Å². The van der Waals surface area contributed by atoms with E-state index in [1.165, 1.54) is 13.4 Å². The molecule has 3 aromatic heterocycles. The summed E-state index contributed by atoms with van der Waals surface area (Å²) in [5, 5.41) is 4.10. The second-order valence-corrected chi connectivity index (χ2v) is 6.65. The first kappa shape index (κ1) is 19.4. The number of hydrogen-bond donors (Lipinski definition) is 1. The molecule has 0 saturated carbocycles. The maximum atomic E-state index is 12.0. The van der Waals surface area contributed by atoms with E-state index in [0.717, 1.165) is 27.7 Å². The van der Waals surface area contributed by atoms with Gasteiger partial charge in [0.05, 0.1) is 23.9 Å². The molecule has 0 aliphatic rings. The van der Waals surface area contributed by atoms with E-state index >= 15 is 0 Å². The van der Waals surface area contributed by atoms with Crippen molar-refractivity contribution in [3.63, 3.8) is 0 Å². The van der Waals surface area contributed by atoms with E-state index in [1.807, 2.05) is 31.2 Å². The number of anilines is 1. The van der Waals surface area contributed by atoms with Gasteiger partial charge in [-0.2, -0.15) is 0 Å². The molecular formula is C22H20N6O2. The van der Waals surface area contributed by atoms with Gasteiger partial charge in [0.25, 0.3) is 0 Å². The van der Waals surface area contributed by atoms with E-state index in [-0.39, 0.29) is 5.97 Å². The number of para-hydroxylation sites is 1. The Hall–Kier alpha value is -3.94. The Bertz CT molecular complexity index is 1190. The smallest absolute Gasteiger partial charge is 0.338 e. The van der Waals surface area contributed by atoms with Crippen LogP contribution in [0.1, 0.15) is 21.7 Å². The summed E-state index contributed by atoms with van der Waals surface area (Å²) in [5.74, 6) is 1.06. The number of carbonyl (C=O) groups is 1. The summed E-state index contributed by atoms with van der Waals surface area (Å²) < 4.78 is 4.88. The second-order valence-electron chi connectivity index (χ2n) is 6.65. The summed E-state index contributed by atoms with van der Waals surface area (Å²) in [5.41, 5.74) is 3.93. The average molecular weight is 400 g/mol. The van der Waals surface area contributed by atoms with Gasteiger partial charge in [0.2, 0.25) is 0 Å². The molecule has 4 rings (SSSR count). The first-order valence-corrected chi connectivity index (χ1v) is 9.45. The van der Waals surface area contributed by atoms with Crippen LogP contribution in [0.4, 0.5) is 5.82 Å². The van der Waals surface area contributed by atoms with Crippen LogP contribution in [-0.4, -0.2) is 44.5 Å². The molecular weight excluding hydrogens is 380 g/mol. The number of esters is 1. The molecule has 0 saturated heterocycles. The zero-order valence-electron chi connectivity index (χ0n) is 16.7. The third kappa shape index (κ3) is 4.07. The van der Waals surface area contributed by atoms with Crippen LogP contribution in [-0.2, 0) is 11.2 Å². The van der Waals surface area contributed by atoms with Gasteiger partial charge in [0.1, 0.15) is 18.0 Å². The Labute approximate surface area is 173 Å². The maximum Gasteiger partial charge on any atom is 0.338 e. The molecule has 0 bridgehead atoms. The van der Waals surface area contributed by atoms with Crippen molar-refractivity contribution in [3.05, 3.63) is 72.2 Å². The van der Waals surface area contributed by atoms with E-state index < -0.39 is 0 Å². The number of carbonyl (C=O) groups excluding carboxylic acids is 1. The highest BCUT2D eigenvalue weighted by molar-refractivity contribution is 6.03. The van der Waals surface area contributed by atoms with Crippen LogP contribution < -0.4 is 5.32 Å². The van der Waals surface area contributed by atoms with Gasteiger partial charge in [-0.15, -0.1) is 0 Å². The first-order chi connectivity index (χ1) is 14.7. The molecule has 1 N–H and O–H groups in total. The predicted octanol–water partition coefficient (Wildman–Crippen LogP) is 3.23. The maximum absolute atomic E-state index is 12.0. The van der Waals surface area contributed by atoms with Crippen molar-refractivity contribution in [2.45, 2.75) is 13.3 Å². The molecule has 4 aromatic rings. The minimum Gasteiger partial charge on any atom is -0.465 e. The topological polar surface area (TPSA) is 103 Å². The second kappa shape index (κ2) is 8.60. The number of pyridine rings is 1. The van der Waals surface area contributed by atoms with Crippen molar-refractivity contribution in [2.24, 2.45) is 0 Å². The highest BCUT2D eigenvalue weighted by Gasteiger charge is 2.12. The number of hydrogen-bond acceptors (Lipinski definition) is 8. The number of rotatable bonds is 6. The van der Waals surface area contributed by atoms with Gasteiger partial charge in [-0.3, -0.25) is 4.98 Å². The fraction of sp³-hybridized carbons (Fsp3) is 0.182. The van der Waals surface area contributed by atoms with Gasteiger partial charge in [-0.1, -0.05) is 18.2 Å². The van der Waals surface area contributed by atoms with E-state index in [4.69, 9.17) is 4.74 Å². The van der Waals surface area contributed by atoms with Gasteiger partial charge < -0.3 is 10.1 Å². The zero-order valence-corrected chi connectivity index (χ0v) is 16.7. The lowest BCUT2D eigenvalue weighted by molar-refractivity contribution is 0.0603. The molecule has 0 aliphatic carbocycles. The van der Waals surface area contributed by atoms with Crippen molar-refractivity contribution >= 4 is 22.7 Å². The van der Waals surface area contributed by atoms with Crippen LogP contribution in [0.5, 0.6) is 0 Å². The van der Waals surface area contributed by atoms with Gasteiger partial charge in [-0.05, 0) is 25.0 Å². The quantitative estimate of drug-likeness (QED) is 0.492. The van der Waals surface area contributed by atoms with E-state index in [1.54, 1.807) is 24.7 Å². The number of nitrogens with one attached hydrogen (secondary N) is 1. The monoisotopic (exact) mass is 400 g/mol. The highest BCUT2D eigenvalue weighted by atomic mass is 16.5. The molecule has 3 heterocycles. The molecule has 8 nitrogen and oxygen atoms in total. The number of fused-ring (bicyclic) bond motifs is 1. The van der Waals surface area contributed by atoms with Crippen molar-refractivity contribution in [2.75, 3.05) is 19.0 Å². The largest absolute Gasteiger partial charge is 0.465 e. The van der Waals surface area contributed by atoms with Crippen LogP contribution >= 0.6 is 0 Å². The molecule has 0 unspecified atom stereocenters. The van der Waals surface area contributed by atoms with Crippen LogP contribution in [0.3, 0.4) is 0 Å². The summed E-state index contributed by atoms with van der Waals surface area (Å²) >= 11 is 0. The summed E-state index contributed by atoms with van der Waals surface area (Å²) in [4.78, 5) is 33.5. The average Bonchev–Trinajstić information content (AvgIpc) is 2.79. The van der Waals surface area contributed by atoms with Crippen LogP contribution in [0, 0.1) is 6.92 Å². The van der Waals surface area contributed by atoms with E-state index in [2.05, 4.69) is 30.2 Å². The number of ether oxygens (including phenoxy) is 1. The fourth-order valence-electron chi connectivity index (χ4n) is 3.19. The predicted molar refractivity (Wildman–Crippen MR) is 113 cm³/mol. The highest BCUT2D eigenvalue weighted by Crippen LogP contribution is 2.22. The molecule has 0 atom stereocenters. The number of aryl methyl sites for hydroxylation is 1. The number of nitrogens with zero attached hydrogens (tertiary/aromatic N) is 5. The van der Waals surface area contributed by atoms with E-state index in [9.17, 15) is 4.79 Å². The lowest BCUT2D eigenvalue weighted by Gasteiger charge is -2.10. The molecule has 1 aromatic carbocycles. The summed E-state index contributed by atoms with van der Waals surface area (Å²) in [6.45, 7) is 2.48. The van der Waals surface area contributed by atoms with Gasteiger partial charge >= 0.3 is 5.97 Å². The van der Waals surface area contributed by atoms with Gasteiger partial charge in [-0.25, -0.2) is 24.7 Å². The lowest BCUT2D eigenvalue weighted by Crippen LogP contribution is -2.08. The van der Waals surface area contributed by atoms with Crippen molar-refractivity contribution in [3.8, 4) is 11.3 Å². The minimum atomic E-state index is -0.369. The summed E-state index contributed by atoms with van der Waals surface area (Å²) in [7, 11) is 1.38. The normalized spacial score (nSPS) is 10.7.